The molecule has 0 unspecified atom stereocenters. The largest absolute Gasteiger partial charge is 0.325 e. The minimum atomic E-state index is -2.77. The van der Waals surface area contributed by atoms with Crippen LogP contribution in [0.25, 0.3) is 22.4 Å². The Morgan fingerprint density at radius 3 is 2.12 bits per heavy atom. The molecule has 1 N–H and O–H groups in total. The fourth-order valence-electron chi connectivity index (χ4n) is 3.88. The normalized spacial score (nSPS) is 13.1. The average Bonchev–Trinajstić information content (AvgIpc) is 3.32. The van der Waals surface area contributed by atoms with Crippen molar-refractivity contribution in [3.8, 4) is 11.4 Å². The molecule has 3 amide bonds. The quantitative estimate of drug-likeness (QED) is 0.463. The molecule has 33 heavy (non-hydrogen) atoms. The Morgan fingerprint density at radius 1 is 0.879 bits per heavy atom. The van der Waals surface area contributed by atoms with Crippen molar-refractivity contribution in [3.05, 3.63) is 83.9 Å². The van der Waals surface area contributed by atoms with Gasteiger partial charge < -0.3 is 5.32 Å². The number of rotatable bonds is 5. The number of anilines is 1. The molecule has 0 saturated carbocycles. The number of fused-ring (bicyclic) bond motifs is 2. The maximum Gasteiger partial charge on any atom is 0.320 e. The Morgan fingerprint density at radius 2 is 1.48 bits per heavy atom. The van der Waals surface area contributed by atoms with Crippen LogP contribution in [0.3, 0.4) is 0 Å². The Labute approximate surface area is 186 Å². The summed E-state index contributed by atoms with van der Waals surface area (Å²) < 4.78 is 28.2. The SMILES string of the molecule is O=C(CN1C(=O)c2ccccc2C1=O)Nc1ccc(-c2nc3ccccc3n2C(F)F)cc1. The molecule has 0 radical (unpaired) electrons. The molecular weight excluding hydrogens is 430 g/mol. The van der Waals surface area contributed by atoms with Gasteiger partial charge in [-0.25, -0.2) is 4.98 Å². The molecule has 0 fully saturated rings. The predicted octanol–water partition coefficient (Wildman–Crippen LogP) is 4.33. The van der Waals surface area contributed by atoms with Crippen LogP contribution in [0.2, 0.25) is 0 Å². The van der Waals surface area contributed by atoms with Crippen LogP contribution in [-0.2, 0) is 4.79 Å². The third-order valence-electron chi connectivity index (χ3n) is 5.40. The summed E-state index contributed by atoms with van der Waals surface area (Å²) in [6, 6.07) is 19.2. The Balaban J connectivity index is 1.33. The van der Waals surface area contributed by atoms with Gasteiger partial charge in [0, 0.05) is 11.3 Å². The van der Waals surface area contributed by atoms with Gasteiger partial charge in [-0.15, -0.1) is 0 Å². The van der Waals surface area contributed by atoms with Crippen LogP contribution >= 0.6 is 0 Å². The number of aromatic nitrogens is 2. The summed E-state index contributed by atoms with van der Waals surface area (Å²) in [7, 11) is 0. The molecule has 0 aliphatic carbocycles. The number of halogens is 2. The van der Waals surface area contributed by atoms with Crippen LogP contribution in [0.15, 0.2) is 72.8 Å². The van der Waals surface area contributed by atoms with Gasteiger partial charge in [0.25, 0.3) is 11.8 Å². The van der Waals surface area contributed by atoms with Crippen molar-refractivity contribution in [2.24, 2.45) is 0 Å². The van der Waals surface area contributed by atoms with Gasteiger partial charge in [0.15, 0.2) is 0 Å². The van der Waals surface area contributed by atoms with Crippen molar-refractivity contribution in [2.75, 3.05) is 11.9 Å². The maximum atomic E-state index is 13.7. The second kappa shape index (κ2) is 7.94. The van der Waals surface area contributed by atoms with Crippen molar-refractivity contribution in [2.45, 2.75) is 6.55 Å². The third-order valence-corrected chi connectivity index (χ3v) is 5.40. The highest BCUT2D eigenvalue weighted by atomic mass is 19.3. The van der Waals surface area contributed by atoms with Gasteiger partial charge in [-0.3, -0.25) is 23.9 Å². The van der Waals surface area contributed by atoms with E-state index in [2.05, 4.69) is 10.3 Å². The highest BCUT2D eigenvalue weighted by Gasteiger charge is 2.36. The fourth-order valence-corrected chi connectivity index (χ4v) is 3.88. The van der Waals surface area contributed by atoms with E-state index >= 15 is 0 Å². The molecule has 1 aliphatic rings. The molecule has 7 nitrogen and oxygen atoms in total. The fraction of sp³-hybridized carbons (Fsp3) is 0.0833. The Hall–Kier alpha value is -4.40. The highest BCUT2D eigenvalue weighted by molar-refractivity contribution is 6.22. The lowest BCUT2D eigenvalue weighted by Gasteiger charge is -2.14. The first-order valence-corrected chi connectivity index (χ1v) is 10.0. The van der Waals surface area contributed by atoms with Crippen LogP contribution in [0.5, 0.6) is 0 Å². The molecule has 4 aromatic rings. The molecule has 2 heterocycles. The minimum absolute atomic E-state index is 0.107. The van der Waals surface area contributed by atoms with Crippen molar-refractivity contribution in [1.82, 2.24) is 14.5 Å². The molecule has 1 aromatic heterocycles. The average molecular weight is 446 g/mol. The minimum Gasteiger partial charge on any atom is -0.325 e. The van der Waals surface area contributed by atoms with Crippen molar-refractivity contribution in [3.63, 3.8) is 0 Å². The summed E-state index contributed by atoms with van der Waals surface area (Å²) in [5.74, 6) is -1.49. The van der Waals surface area contributed by atoms with E-state index in [1.165, 1.54) is 0 Å². The summed E-state index contributed by atoms with van der Waals surface area (Å²) in [4.78, 5) is 42.5. The van der Waals surface area contributed by atoms with E-state index in [-0.39, 0.29) is 17.0 Å². The molecular formula is C24H16F2N4O3. The molecule has 164 valence electrons. The molecule has 0 saturated heterocycles. The van der Waals surface area contributed by atoms with E-state index in [1.54, 1.807) is 72.8 Å². The number of carbonyl (C=O) groups excluding carboxylic acids is 3. The van der Waals surface area contributed by atoms with Crippen LogP contribution in [-0.4, -0.2) is 38.7 Å². The van der Waals surface area contributed by atoms with Gasteiger partial charge in [0.2, 0.25) is 5.91 Å². The molecule has 3 aromatic carbocycles. The zero-order chi connectivity index (χ0) is 23.1. The summed E-state index contributed by atoms with van der Waals surface area (Å²) in [6.07, 6.45) is 0. The number of amides is 3. The monoisotopic (exact) mass is 446 g/mol. The second-order valence-electron chi connectivity index (χ2n) is 7.44. The topological polar surface area (TPSA) is 84.3 Å². The highest BCUT2D eigenvalue weighted by Crippen LogP contribution is 2.30. The summed E-state index contributed by atoms with van der Waals surface area (Å²) in [6.45, 7) is -3.21. The first-order valence-electron chi connectivity index (χ1n) is 10.0. The summed E-state index contributed by atoms with van der Waals surface area (Å²) >= 11 is 0. The van der Waals surface area contributed by atoms with E-state index < -0.39 is 30.8 Å². The molecule has 5 rings (SSSR count). The number of imidazole rings is 1. The van der Waals surface area contributed by atoms with Gasteiger partial charge in [0.1, 0.15) is 12.4 Å². The zero-order valence-corrected chi connectivity index (χ0v) is 17.0. The van der Waals surface area contributed by atoms with Gasteiger partial charge >= 0.3 is 6.55 Å². The molecule has 0 bridgehead atoms. The number of nitrogens with zero attached hydrogens (tertiary/aromatic N) is 3. The second-order valence-corrected chi connectivity index (χ2v) is 7.44. The standard InChI is InChI=1S/C24H16F2N4O3/c25-24(26)30-19-8-4-3-7-18(19)28-21(30)14-9-11-15(12-10-14)27-20(31)13-29-22(32)16-5-1-2-6-17(16)23(29)33/h1-12,24H,13H2,(H,27,31). The summed E-state index contributed by atoms with van der Waals surface area (Å²) in [5.41, 5.74) is 2.14. The lowest BCUT2D eigenvalue weighted by Crippen LogP contribution is -2.37. The van der Waals surface area contributed by atoms with Crippen LogP contribution in [0, 0.1) is 0 Å². The number of benzene rings is 3. The van der Waals surface area contributed by atoms with E-state index in [9.17, 15) is 23.2 Å². The van der Waals surface area contributed by atoms with Gasteiger partial charge in [-0.1, -0.05) is 24.3 Å². The number of nitrogens with one attached hydrogen (secondary N) is 1. The number of hydrogen-bond donors (Lipinski definition) is 1. The molecule has 1 aliphatic heterocycles. The molecule has 0 atom stereocenters. The van der Waals surface area contributed by atoms with Crippen LogP contribution in [0.4, 0.5) is 14.5 Å². The lowest BCUT2D eigenvalue weighted by molar-refractivity contribution is -0.116. The van der Waals surface area contributed by atoms with Crippen molar-refractivity contribution >= 4 is 34.4 Å². The van der Waals surface area contributed by atoms with E-state index in [4.69, 9.17) is 0 Å². The van der Waals surface area contributed by atoms with Gasteiger partial charge in [-0.2, -0.15) is 8.78 Å². The van der Waals surface area contributed by atoms with Crippen LogP contribution < -0.4 is 5.32 Å². The summed E-state index contributed by atoms with van der Waals surface area (Å²) in [5, 5.41) is 2.62. The lowest BCUT2D eigenvalue weighted by atomic mass is 10.1. The number of alkyl halides is 2. The molecule has 0 spiro atoms. The first kappa shape index (κ1) is 20.5. The van der Waals surface area contributed by atoms with Gasteiger partial charge in [-0.05, 0) is 48.5 Å². The predicted molar refractivity (Wildman–Crippen MR) is 117 cm³/mol. The van der Waals surface area contributed by atoms with Crippen molar-refractivity contribution in [1.29, 1.82) is 0 Å². The Kier molecular flexibility index (Phi) is 4.93. The number of imide groups is 1. The third kappa shape index (κ3) is 3.53. The first-order chi connectivity index (χ1) is 15.9. The van der Waals surface area contributed by atoms with Crippen LogP contribution in [0.1, 0.15) is 27.3 Å². The number of para-hydroxylation sites is 2. The maximum absolute atomic E-state index is 13.7. The Bertz CT molecular complexity index is 1380. The van der Waals surface area contributed by atoms with Gasteiger partial charge in [0.05, 0.1) is 22.2 Å². The van der Waals surface area contributed by atoms with E-state index in [0.29, 0.717) is 22.3 Å². The zero-order valence-electron chi connectivity index (χ0n) is 17.0. The van der Waals surface area contributed by atoms with E-state index in [0.717, 1.165) is 9.47 Å². The molecule has 9 heteroatoms. The smallest absolute Gasteiger partial charge is 0.320 e. The van der Waals surface area contributed by atoms with E-state index in [1.807, 2.05) is 0 Å². The van der Waals surface area contributed by atoms with Crippen molar-refractivity contribution < 1.29 is 23.2 Å². The number of hydrogen-bond acceptors (Lipinski definition) is 4. The number of carbonyl (C=O) groups is 3.